The lowest BCUT2D eigenvalue weighted by molar-refractivity contribution is 0.0691. The number of nitrogens with zero attached hydrogens (tertiary/aromatic N) is 2. The third kappa shape index (κ3) is 2.01. The van der Waals surface area contributed by atoms with Gasteiger partial charge in [-0.05, 0) is 18.2 Å². The zero-order valence-corrected chi connectivity index (χ0v) is 10.3. The third-order valence-electron chi connectivity index (χ3n) is 2.90. The summed E-state index contributed by atoms with van der Waals surface area (Å²) in [6.45, 7) is 1.05. The van der Waals surface area contributed by atoms with Gasteiger partial charge in [-0.2, -0.15) is 0 Å². The second-order valence-corrected chi connectivity index (χ2v) is 4.22. The van der Waals surface area contributed by atoms with Crippen LogP contribution in [0.15, 0.2) is 24.4 Å². The molecule has 0 aliphatic carbocycles. The number of rotatable bonds is 2. The molecule has 2 heterocycles. The Morgan fingerprint density at radius 3 is 2.74 bits per heavy atom. The van der Waals surface area contributed by atoms with Crippen molar-refractivity contribution in [2.75, 3.05) is 13.2 Å². The highest BCUT2D eigenvalue weighted by Crippen LogP contribution is 2.34. The predicted octanol–water partition coefficient (Wildman–Crippen LogP) is 1.56. The zero-order chi connectivity index (χ0) is 13.4. The summed E-state index contributed by atoms with van der Waals surface area (Å²) >= 11 is 0. The van der Waals surface area contributed by atoms with Crippen LogP contribution in [0.2, 0.25) is 0 Å². The molecule has 0 unspecified atom stereocenters. The van der Waals surface area contributed by atoms with Crippen molar-refractivity contribution in [3.63, 3.8) is 0 Å². The molecule has 1 aliphatic rings. The van der Waals surface area contributed by atoms with E-state index in [1.54, 1.807) is 17.7 Å². The zero-order valence-electron chi connectivity index (χ0n) is 10.3. The summed E-state index contributed by atoms with van der Waals surface area (Å²) in [4.78, 5) is 15.0. The number of aryl methyl sites for hydroxylation is 1. The number of carboxylic acids is 1. The number of ether oxygens (including phenoxy) is 2. The van der Waals surface area contributed by atoms with E-state index in [-0.39, 0.29) is 5.69 Å². The summed E-state index contributed by atoms with van der Waals surface area (Å²) in [5.41, 5.74) is 0.812. The number of imidazole rings is 1. The van der Waals surface area contributed by atoms with E-state index in [0.29, 0.717) is 30.5 Å². The van der Waals surface area contributed by atoms with Crippen LogP contribution >= 0.6 is 0 Å². The lowest BCUT2D eigenvalue weighted by Crippen LogP contribution is -2.15. The molecule has 6 nitrogen and oxygen atoms in total. The first-order chi connectivity index (χ1) is 9.15. The van der Waals surface area contributed by atoms with Gasteiger partial charge in [-0.15, -0.1) is 0 Å². The second kappa shape index (κ2) is 4.31. The van der Waals surface area contributed by atoms with E-state index in [1.165, 1.54) is 6.20 Å². The van der Waals surface area contributed by atoms with Crippen molar-refractivity contribution in [2.45, 2.75) is 0 Å². The summed E-state index contributed by atoms with van der Waals surface area (Å²) in [6.07, 6.45) is 1.48. The number of aromatic carboxylic acids is 1. The van der Waals surface area contributed by atoms with Crippen molar-refractivity contribution < 1.29 is 19.4 Å². The van der Waals surface area contributed by atoms with Crippen LogP contribution in [0.3, 0.4) is 0 Å². The Balaban J connectivity index is 2.04. The monoisotopic (exact) mass is 260 g/mol. The fraction of sp³-hybridized carbons (Fsp3) is 0.231. The maximum absolute atomic E-state index is 10.9. The van der Waals surface area contributed by atoms with Gasteiger partial charge >= 0.3 is 5.97 Å². The summed E-state index contributed by atoms with van der Waals surface area (Å²) in [6, 6.07) is 5.45. The molecule has 2 aromatic rings. The molecular weight excluding hydrogens is 248 g/mol. The van der Waals surface area contributed by atoms with Gasteiger partial charge < -0.3 is 19.1 Å². The quantitative estimate of drug-likeness (QED) is 0.887. The predicted molar refractivity (Wildman–Crippen MR) is 66.6 cm³/mol. The molecule has 0 fully saturated rings. The van der Waals surface area contributed by atoms with Crippen LogP contribution in [0.5, 0.6) is 11.5 Å². The normalized spacial score (nSPS) is 13.3. The first-order valence-electron chi connectivity index (χ1n) is 5.82. The Kier molecular flexibility index (Phi) is 2.63. The van der Waals surface area contributed by atoms with Crippen molar-refractivity contribution >= 4 is 5.97 Å². The van der Waals surface area contributed by atoms with Gasteiger partial charge in [0.1, 0.15) is 19.0 Å². The lowest BCUT2D eigenvalue weighted by Gasteiger charge is -2.18. The van der Waals surface area contributed by atoms with Crippen molar-refractivity contribution in [3.8, 4) is 22.9 Å². The van der Waals surface area contributed by atoms with Gasteiger partial charge in [0.25, 0.3) is 0 Å². The summed E-state index contributed by atoms with van der Waals surface area (Å²) in [5, 5.41) is 8.94. The van der Waals surface area contributed by atoms with E-state index in [2.05, 4.69) is 4.98 Å². The van der Waals surface area contributed by atoms with Gasteiger partial charge in [0.2, 0.25) is 0 Å². The number of fused-ring (bicyclic) bond motifs is 1. The molecule has 0 spiro atoms. The fourth-order valence-electron chi connectivity index (χ4n) is 2.02. The van der Waals surface area contributed by atoms with Gasteiger partial charge in [-0.25, -0.2) is 9.78 Å². The van der Waals surface area contributed by atoms with Crippen LogP contribution in [0, 0.1) is 0 Å². The van der Waals surface area contributed by atoms with Crippen LogP contribution in [-0.4, -0.2) is 33.8 Å². The maximum Gasteiger partial charge on any atom is 0.356 e. The van der Waals surface area contributed by atoms with E-state index in [4.69, 9.17) is 14.6 Å². The Hall–Kier alpha value is -2.50. The lowest BCUT2D eigenvalue weighted by atomic mass is 10.2. The van der Waals surface area contributed by atoms with Crippen LogP contribution in [0.25, 0.3) is 11.4 Å². The van der Waals surface area contributed by atoms with E-state index in [0.717, 1.165) is 5.56 Å². The molecule has 1 aromatic heterocycles. The molecule has 6 heteroatoms. The molecule has 0 amide bonds. The van der Waals surface area contributed by atoms with E-state index < -0.39 is 5.97 Å². The third-order valence-corrected chi connectivity index (χ3v) is 2.90. The Bertz CT molecular complexity index is 648. The van der Waals surface area contributed by atoms with E-state index >= 15 is 0 Å². The van der Waals surface area contributed by atoms with Crippen molar-refractivity contribution in [1.82, 2.24) is 9.55 Å². The molecule has 19 heavy (non-hydrogen) atoms. The first-order valence-corrected chi connectivity index (χ1v) is 5.82. The smallest absolute Gasteiger partial charge is 0.356 e. The van der Waals surface area contributed by atoms with Crippen LogP contribution in [0.1, 0.15) is 10.5 Å². The van der Waals surface area contributed by atoms with Gasteiger partial charge in [0.05, 0.1) is 0 Å². The minimum Gasteiger partial charge on any atom is -0.486 e. The molecule has 98 valence electrons. The topological polar surface area (TPSA) is 73.6 Å². The van der Waals surface area contributed by atoms with Crippen LogP contribution < -0.4 is 9.47 Å². The number of carboxylic acid groups (broad SMARTS) is 1. The average molecular weight is 260 g/mol. The summed E-state index contributed by atoms with van der Waals surface area (Å²) in [7, 11) is 1.76. The minimum atomic E-state index is -1.04. The average Bonchev–Trinajstić information content (AvgIpc) is 2.80. The molecule has 1 aliphatic heterocycles. The van der Waals surface area contributed by atoms with Crippen molar-refractivity contribution in [1.29, 1.82) is 0 Å². The molecule has 0 saturated heterocycles. The molecule has 1 N–H and O–H groups in total. The molecule has 0 radical (unpaired) electrons. The number of hydrogen-bond acceptors (Lipinski definition) is 4. The van der Waals surface area contributed by atoms with E-state index in [1.807, 2.05) is 12.1 Å². The molecule has 0 saturated carbocycles. The molecule has 1 aromatic carbocycles. The summed E-state index contributed by atoms with van der Waals surface area (Å²) < 4.78 is 12.6. The van der Waals surface area contributed by atoms with Crippen molar-refractivity contribution in [2.24, 2.45) is 7.05 Å². The Labute approximate surface area is 109 Å². The maximum atomic E-state index is 10.9. The van der Waals surface area contributed by atoms with Gasteiger partial charge in [0, 0.05) is 18.8 Å². The number of carbonyl (C=O) groups is 1. The number of hydrogen-bond donors (Lipinski definition) is 1. The highest BCUT2D eigenvalue weighted by molar-refractivity contribution is 5.86. The Morgan fingerprint density at radius 2 is 2.05 bits per heavy atom. The molecular formula is C13H12N2O4. The second-order valence-electron chi connectivity index (χ2n) is 4.22. The van der Waals surface area contributed by atoms with Gasteiger partial charge in [-0.3, -0.25) is 0 Å². The number of aromatic nitrogens is 2. The highest BCUT2D eigenvalue weighted by atomic mass is 16.6. The summed E-state index contributed by atoms with van der Waals surface area (Å²) in [5.74, 6) is 0.889. The van der Waals surface area contributed by atoms with Gasteiger partial charge in [-0.1, -0.05) is 0 Å². The highest BCUT2D eigenvalue weighted by Gasteiger charge is 2.16. The SMILES string of the molecule is Cn1cc(C(=O)O)nc1-c1ccc2c(c1)OCCO2. The Morgan fingerprint density at radius 1 is 1.32 bits per heavy atom. The van der Waals surface area contributed by atoms with Crippen molar-refractivity contribution in [3.05, 3.63) is 30.1 Å². The molecule has 3 rings (SSSR count). The van der Waals surface area contributed by atoms with E-state index in [9.17, 15) is 4.79 Å². The number of benzene rings is 1. The minimum absolute atomic E-state index is 0.0207. The molecule has 0 atom stereocenters. The standard InChI is InChI=1S/C13H12N2O4/c1-15-7-9(13(16)17)14-12(15)8-2-3-10-11(6-8)19-5-4-18-10/h2-3,6-7H,4-5H2,1H3,(H,16,17). The van der Waals surface area contributed by atoms with Crippen LogP contribution in [0.4, 0.5) is 0 Å². The van der Waals surface area contributed by atoms with Crippen LogP contribution in [-0.2, 0) is 7.05 Å². The largest absolute Gasteiger partial charge is 0.486 e. The van der Waals surface area contributed by atoms with Gasteiger partial charge in [0.15, 0.2) is 17.2 Å². The fourth-order valence-corrected chi connectivity index (χ4v) is 2.02. The molecule has 0 bridgehead atoms. The first kappa shape index (κ1) is 11.6.